The Kier molecular flexibility index (Phi) is 29.7. The second-order valence-electron chi connectivity index (χ2n) is 16.7. The van der Waals surface area contributed by atoms with E-state index in [1.807, 2.05) is 48.5 Å². The van der Waals surface area contributed by atoms with Gasteiger partial charge in [-0.15, -0.1) is 13.2 Å². The summed E-state index contributed by atoms with van der Waals surface area (Å²) < 4.78 is 0. The number of allylic oxidation sites excluding steroid dienone is 7. The van der Waals surface area contributed by atoms with Crippen molar-refractivity contribution in [2.24, 2.45) is 5.92 Å². The Labute approximate surface area is 410 Å². The van der Waals surface area contributed by atoms with Crippen LogP contribution in [0.2, 0.25) is 0 Å². The third kappa shape index (κ3) is 20.7. The first-order valence-corrected chi connectivity index (χ1v) is 24.3. The maximum absolute atomic E-state index is 5.74. The lowest BCUT2D eigenvalue weighted by atomic mass is 9.88. The van der Waals surface area contributed by atoms with E-state index in [9.17, 15) is 0 Å². The number of nitrogen functional groups attached to an aromatic ring is 1. The molecule has 0 aliphatic heterocycles. The van der Waals surface area contributed by atoms with E-state index in [-0.39, 0.29) is 0 Å². The Morgan fingerprint density at radius 3 is 1.54 bits per heavy atom. The average Bonchev–Trinajstić information content (AvgIpc) is 3.36. The van der Waals surface area contributed by atoms with Crippen LogP contribution in [0.5, 0.6) is 0 Å². The summed E-state index contributed by atoms with van der Waals surface area (Å²) in [6, 6.07) is 52.4. The van der Waals surface area contributed by atoms with E-state index in [1.54, 1.807) is 0 Å². The molecule has 0 heterocycles. The Bertz CT molecular complexity index is 2410. The molecule has 0 saturated heterocycles. The fourth-order valence-corrected chi connectivity index (χ4v) is 7.51. The van der Waals surface area contributed by atoms with Crippen molar-refractivity contribution < 1.29 is 0 Å². The van der Waals surface area contributed by atoms with E-state index < -0.39 is 0 Å². The van der Waals surface area contributed by atoms with Crippen molar-refractivity contribution in [1.29, 1.82) is 0 Å². The van der Waals surface area contributed by atoms with E-state index in [0.717, 1.165) is 48.9 Å². The summed E-state index contributed by atoms with van der Waals surface area (Å²) in [6.45, 7) is 40.1. The van der Waals surface area contributed by atoms with Crippen LogP contribution in [0, 0.1) is 19.8 Å². The first-order valence-electron chi connectivity index (χ1n) is 24.3. The molecule has 1 heteroatoms. The topological polar surface area (TPSA) is 26.0 Å². The number of anilines is 1. The summed E-state index contributed by atoms with van der Waals surface area (Å²) >= 11 is 0. The van der Waals surface area contributed by atoms with Crippen LogP contribution in [0.1, 0.15) is 133 Å². The van der Waals surface area contributed by atoms with Crippen LogP contribution in [0.25, 0.3) is 33.9 Å². The van der Waals surface area contributed by atoms with Gasteiger partial charge in [0.05, 0.1) is 0 Å². The molecule has 0 unspecified atom stereocenters. The predicted molar refractivity (Wildman–Crippen MR) is 306 cm³/mol. The van der Waals surface area contributed by atoms with Crippen molar-refractivity contribution in [2.75, 3.05) is 5.73 Å². The van der Waals surface area contributed by atoms with Gasteiger partial charge < -0.3 is 5.73 Å². The van der Waals surface area contributed by atoms with Gasteiger partial charge in [-0.05, 0) is 157 Å². The molecule has 0 aromatic heterocycles. The standard InChI is InChI=1S/C19H22.C17H24.C10H13N.C10H12.C8H10.C2H4/c1-5-9-16-13-12-15(4)19(17(16)6-2)18-11-8-7-10-14(18)3;1-6-14(4)12-15(5)17(13(2)3)16-10-8-7-9-11-16;1-3-8(2)9-6-4-5-7-10(9)11;1-3-9(2)10-7-5-4-6-8-10;1-2-8-6-4-3-5-7-8;1-2/h5,7-13H,6H2,1-4H3;7-13H,6H2,1-5H3;4-7H,2-3,11H2,1H3;4-8H,2-3H2,1H3;3-7H,2H2,1H3;1-2H2/b9-5-;14-12?,17-15+;;;;. The quantitative estimate of drug-likeness (QED) is 0.0739. The molecule has 1 nitrogen and oxygen atoms in total. The third-order valence-electron chi connectivity index (χ3n) is 11.4. The fourth-order valence-electron chi connectivity index (χ4n) is 7.51. The fraction of sp³-hybridized carbons (Fsp3) is 0.273. The van der Waals surface area contributed by atoms with Crippen LogP contribution in [0.3, 0.4) is 0 Å². The number of para-hydroxylation sites is 1. The van der Waals surface area contributed by atoms with Crippen LogP contribution in [-0.2, 0) is 12.8 Å². The van der Waals surface area contributed by atoms with Gasteiger partial charge in [-0.3, -0.25) is 0 Å². The first-order chi connectivity index (χ1) is 32.3. The average molecular weight is 892 g/mol. The van der Waals surface area contributed by atoms with Crippen molar-refractivity contribution in [1.82, 2.24) is 0 Å². The molecule has 6 rings (SSSR count). The van der Waals surface area contributed by atoms with E-state index in [1.165, 1.54) is 72.4 Å². The number of nitrogens with two attached hydrogens (primary N) is 1. The molecule has 0 radical (unpaired) electrons. The van der Waals surface area contributed by atoms with Gasteiger partial charge in [0, 0.05) is 5.69 Å². The van der Waals surface area contributed by atoms with Crippen LogP contribution in [0.15, 0.2) is 201 Å². The number of benzene rings is 6. The van der Waals surface area contributed by atoms with Gasteiger partial charge in [0.1, 0.15) is 0 Å². The second-order valence-corrected chi connectivity index (χ2v) is 16.7. The highest BCUT2D eigenvalue weighted by Gasteiger charge is 2.12. The van der Waals surface area contributed by atoms with Crippen LogP contribution < -0.4 is 5.73 Å². The Morgan fingerprint density at radius 1 is 0.567 bits per heavy atom. The summed E-state index contributed by atoms with van der Waals surface area (Å²) in [6.07, 6.45) is 12.0. The minimum Gasteiger partial charge on any atom is -0.398 e. The summed E-state index contributed by atoms with van der Waals surface area (Å²) in [5.74, 6) is 0.554. The summed E-state index contributed by atoms with van der Waals surface area (Å²) in [5, 5.41) is 0. The highest BCUT2D eigenvalue weighted by atomic mass is 14.6. The van der Waals surface area contributed by atoms with Crippen molar-refractivity contribution in [2.45, 2.75) is 115 Å². The number of hydrogen-bond acceptors (Lipinski definition) is 1. The van der Waals surface area contributed by atoms with Gasteiger partial charge in [0.25, 0.3) is 0 Å². The normalized spacial score (nSPS) is 10.8. The Balaban J connectivity index is 0.000000429. The van der Waals surface area contributed by atoms with E-state index in [4.69, 9.17) is 5.73 Å². The van der Waals surface area contributed by atoms with Gasteiger partial charge in [-0.1, -0.05) is 231 Å². The van der Waals surface area contributed by atoms with Crippen LogP contribution in [-0.4, -0.2) is 0 Å². The highest BCUT2D eigenvalue weighted by Crippen LogP contribution is 2.33. The molecule has 67 heavy (non-hydrogen) atoms. The Hall–Kier alpha value is -6.44. The van der Waals surface area contributed by atoms with Crippen molar-refractivity contribution in [3.05, 3.63) is 246 Å². The maximum Gasteiger partial charge on any atom is 0.0390 e. The molecule has 6 aromatic rings. The smallest absolute Gasteiger partial charge is 0.0390 e. The molecule has 0 aliphatic carbocycles. The zero-order chi connectivity index (χ0) is 50.1. The Morgan fingerprint density at radius 2 is 1.07 bits per heavy atom. The van der Waals surface area contributed by atoms with Crippen molar-refractivity contribution in [3.63, 3.8) is 0 Å². The summed E-state index contributed by atoms with van der Waals surface area (Å²) in [4.78, 5) is 0. The molecule has 0 bridgehead atoms. The molecule has 0 amide bonds. The molecule has 0 saturated carbocycles. The zero-order valence-corrected chi connectivity index (χ0v) is 43.7. The minimum absolute atomic E-state index is 0.554. The first kappa shape index (κ1) is 58.6. The monoisotopic (exact) mass is 892 g/mol. The third-order valence-corrected chi connectivity index (χ3v) is 11.4. The van der Waals surface area contributed by atoms with E-state index >= 15 is 0 Å². The molecular weight excluding hydrogens is 807 g/mol. The molecule has 0 atom stereocenters. The minimum atomic E-state index is 0.554. The van der Waals surface area contributed by atoms with Gasteiger partial charge >= 0.3 is 0 Å². The molecule has 6 aromatic carbocycles. The van der Waals surface area contributed by atoms with Crippen molar-refractivity contribution in [3.8, 4) is 11.1 Å². The van der Waals surface area contributed by atoms with Gasteiger partial charge in [-0.25, -0.2) is 0 Å². The largest absolute Gasteiger partial charge is 0.398 e. The van der Waals surface area contributed by atoms with Crippen LogP contribution >= 0.6 is 0 Å². The van der Waals surface area contributed by atoms with Gasteiger partial charge in [0.2, 0.25) is 0 Å². The van der Waals surface area contributed by atoms with E-state index in [0.29, 0.717) is 5.92 Å². The molecule has 354 valence electrons. The zero-order valence-electron chi connectivity index (χ0n) is 43.7. The predicted octanol–water partition coefficient (Wildman–Crippen LogP) is 19.9. The van der Waals surface area contributed by atoms with Crippen LogP contribution in [0.4, 0.5) is 5.69 Å². The molecular formula is C66H85N. The lowest BCUT2D eigenvalue weighted by Gasteiger charge is -2.16. The maximum atomic E-state index is 5.74. The lowest BCUT2D eigenvalue weighted by Crippen LogP contribution is -1.96. The molecule has 0 fully saturated rings. The van der Waals surface area contributed by atoms with E-state index in [2.05, 4.69) is 231 Å². The molecule has 2 N–H and O–H groups in total. The number of hydrogen-bond donors (Lipinski definition) is 1. The molecule has 0 aliphatic rings. The number of aryl methyl sites for hydroxylation is 3. The van der Waals surface area contributed by atoms with Gasteiger partial charge in [0.15, 0.2) is 0 Å². The summed E-state index contributed by atoms with van der Waals surface area (Å²) in [7, 11) is 0. The van der Waals surface area contributed by atoms with Gasteiger partial charge in [-0.2, -0.15) is 0 Å². The highest BCUT2D eigenvalue weighted by molar-refractivity contribution is 5.78. The summed E-state index contributed by atoms with van der Waals surface area (Å²) in [5.41, 5.74) is 26.5. The number of rotatable bonds is 12. The molecule has 0 spiro atoms. The van der Waals surface area contributed by atoms with Crippen molar-refractivity contribution >= 4 is 28.5 Å². The SMILES string of the molecule is C/C=C\c1ccc(C)c(-c2ccccc2C)c1CC.C=C.C=C(CC)c1ccccc1.C=C(CC)c1ccccc1N.CCC(C)=C/C(C)=C(/c1ccccc1)C(C)C.CCc1ccccc1. The second kappa shape index (κ2) is 34.0. The lowest BCUT2D eigenvalue weighted by molar-refractivity contribution is 0.849.